The van der Waals surface area contributed by atoms with E-state index in [1.165, 1.54) is 11.1 Å². The van der Waals surface area contributed by atoms with E-state index in [2.05, 4.69) is 89.4 Å². The van der Waals surface area contributed by atoms with Crippen molar-refractivity contribution in [3.8, 4) is 0 Å². The number of halogens is 1. The molecule has 1 amide bonds. The van der Waals surface area contributed by atoms with Crippen LogP contribution in [0.15, 0.2) is 53.0 Å². The molecule has 4 rings (SSSR count). The molecule has 4 heteroatoms. The van der Waals surface area contributed by atoms with Crippen LogP contribution < -0.4 is 10.2 Å². The lowest BCUT2D eigenvalue weighted by molar-refractivity contribution is -0.118. The molecule has 0 saturated carbocycles. The minimum absolute atomic E-state index is 0.0678. The maximum atomic E-state index is 12.3. The summed E-state index contributed by atoms with van der Waals surface area (Å²) in [6.45, 7) is 6.93. The van der Waals surface area contributed by atoms with Gasteiger partial charge in [0.25, 0.3) is 0 Å². The summed E-state index contributed by atoms with van der Waals surface area (Å²) in [5.41, 5.74) is 4.00. The van der Waals surface area contributed by atoms with Crippen molar-refractivity contribution >= 4 is 33.6 Å². The Morgan fingerprint density at radius 3 is 2.76 bits per heavy atom. The predicted octanol–water partition coefficient (Wildman–Crippen LogP) is 4.39. The second-order valence-electron chi connectivity index (χ2n) is 7.43. The van der Waals surface area contributed by atoms with Gasteiger partial charge in [-0.3, -0.25) is 4.79 Å². The van der Waals surface area contributed by atoms with Gasteiger partial charge in [-0.15, -0.1) is 0 Å². The van der Waals surface area contributed by atoms with Gasteiger partial charge in [0, 0.05) is 15.6 Å². The highest BCUT2D eigenvalue weighted by Crippen LogP contribution is 2.53. The van der Waals surface area contributed by atoms with Crippen LogP contribution in [-0.4, -0.2) is 18.1 Å². The smallest absolute Gasteiger partial charge is 0.241 e. The maximum absolute atomic E-state index is 12.3. The number of benzene rings is 2. The van der Waals surface area contributed by atoms with E-state index in [4.69, 9.17) is 0 Å². The molecule has 2 heterocycles. The van der Waals surface area contributed by atoms with Crippen molar-refractivity contribution in [3.63, 3.8) is 0 Å². The molecule has 0 aliphatic carbocycles. The summed E-state index contributed by atoms with van der Waals surface area (Å²) in [6.07, 6.45) is 4.25. The molecule has 0 aromatic heterocycles. The van der Waals surface area contributed by atoms with Gasteiger partial charge in [0.05, 0.1) is 6.54 Å². The lowest BCUT2D eigenvalue weighted by Gasteiger charge is -2.40. The van der Waals surface area contributed by atoms with Gasteiger partial charge in [0.15, 0.2) is 0 Å². The Labute approximate surface area is 156 Å². The van der Waals surface area contributed by atoms with Crippen LogP contribution in [0.1, 0.15) is 30.5 Å². The first-order valence-electron chi connectivity index (χ1n) is 8.48. The van der Waals surface area contributed by atoms with E-state index in [1.54, 1.807) is 0 Å². The van der Waals surface area contributed by atoms with Crippen molar-refractivity contribution in [2.45, 2.75) is 31.8 Å². The number of rotatable bonds is 2. The van der Waals surface area contributed by atoms with Crippen LogP contribution in [-0.2, 0) is 10.2 Å². The zero-order valence-corrected chi connectivity index (χ0v) is 16.2. The zero-order valence-electron chi connectivity index (χ0n) is 14.6. The van der Waals surface area contributed by atoms with Crippen molar-refractivity contribution in [2.24, 2.45) is 0 Å². The van der Waals surface area contributed by atoms with Crippen molar-refractivity contribution in [3.05, 3.63) is 69.7 Å². The topological polar surface area (TPSA) is 32.3 Å². The van der Waals surface area contributed by atoms with E-state index in [0.29, 0.717) is 6.54 Å². The van der Waals surface area contributed by atoms with Crippen LogP contribution >= 0.6 is 15.9 Å². The van der Waals surface area contributed by atoms with E-state index >= 15 is 0 Å². The van der Waals surface area contributed by atoms with Gasteiger partial charge in [0.2, 0.25) is 5.91 Å². The lowest BCUT2D eigenvalue weighted by Crippen LogP contribution is -2.58. The number of carbonyl (C=O) groups is 1. The molecule has 0 spiro atoms. The first-order chi connectivity index (χ1) is 11.8. The van der Waals surface area contributed by atoms with Crippen LogP contribution in [0.25, 0.3) is 6.08 Å². The molecule has 2 aliphatic heterocycles. The third kappa shape index (κ3) is 2.35. The Morgan fingerprint density at radius 1 is 1.20 bits per heavy atom. The van der Waals surface area contributed by atoms with Gasteiger partial charge in [-0.2, -0.15) is 0 Å². The number of nitrogens with one attached hydrogen (secondary N) is 1. The number of amides is 1. The number of anilines is 1. The van der Waals surface area contributed by atoms with Gasteiger partial charge in [-0.05, 0) is 42.3 Å². The van der Waals surface area contributed by atoms with E-state index in [0.717, 1.165) is 15.7 Å². The van der Waals surface area contributed by atoms with E-state index in [1.807, 2.05) is 12.1 Å². The number of hydrogen-bond acceptors (Lipinski definition) is 2. The normalized spacial score (nSPS) is 23.7. The Bertz CT molecular complexity index is 903. The third-order valence-electron chi connectivity index (χ3n) is 5.49. The molecule has 1 saturated heterocycles. The predicted molar refractivity (Wildman–Crippen MR) is 106 cm³/mol. The summed E-state index contributed by atoms with van der Waals surface area (Å²) in [6, 6.07) is 14.7. The van der Waals surface area contributed by atoms with Crippen LogP contribution in [0.4, 0.5) is 5.69 Å². The van der Waals surface area contributed by atoms with Gasteiger partial charge in [-0.25, -0.2) is 0 Å². The minimum Gasteiger partial charge on any atom is -0.335 e. The molecule has 0 unspecified atom stereocenters. The molecular formula is C21H21BrN2O. The summed E-state index contributed by atoms with van der Waals surface area (Å²) < 4.78 is 1.05. The summed E-state index contributed by atoms with van der Waals surface area (Å²) in [4.78, 5) is 14.5. The second-order valence-corrected chi connectivity index (χ2v) is 8.35. The number of nitrogens with zero attached hydrogens (tertiary/aromatic N) is 1. The summed E-state index contributed by atoms with van der Waals surface area (Å²) in [7, 11) is 0. The minimum atomic E-state index is -0.539. The fourth-order valence-electron chi connectivity index (χ4n) is 4.11. The largest absolute Gasteiger partial charge is 0.335 e. The monoisotopic (exact) mass is 396 g/mol. The van der Waals surface area contributed by atoms with E-state index < -0.39 is 5.66 Å². The molecule has 0 radical (unpaired) electrons. The molecule has 2 aliphatic rings. The fraction of sp³-hybridized carbons (Fsp3) is 0.286. The Morgan fingerprint density at radius 2 is 2.00 bits per heavy atom. The molecule has 128 valence electrons. The summed E-state index contributed by atoms with van der Waals surface area (Å²) >= 11 is 3.52. The molecule has 25 heavy (non-hydrogen) atoms. The van der Waals surface area contributed by atoms with Crippen LogP contribution in [0.3, 0.4) is 0 Å². The molecule has 3 nitrogen and oxygen atoms in total. The van der Waals surface area contributed by atoms with Crippen LogP contribution in [0.5, 0.6) is 0 Å². The molecule has 1 atom stereocenters. The standard InChI is InChI=1S/C21H21BrN2O/c1-14-7-8-18-17(11-14)20(2,3)21(23-19(25)13-24(18)21)10-9-15-5-4-6-16(22)12-15/h4-12H,13H2,1-3H3,(H,23,25)/b10-9+/t21-/m1/s1. The van der Waals surface area contributed by atoms with E-state index in [-0.39, 0.29) is 11.3 Å². The van der Waals surface area contributed by atoms with Crippen molar-refractivity contribution in [1.29, 1.82) is 0 Å². The van der Waals surface area contributed by atoms with Crippen molar-refractivity contribution in [1.82, 2.24) is 5.32 Å². The zero-order chi connectivity index (χ0) is 17.8. The number of carbonyl (C=O) groups excluding carboxylic acids is 1. The molecule has 1 N–H and O–H groups in total. The van der Waals surface area contributed by atoms with Crippen molar-refractivity contribution < 1.29 is 4.79 Å². The first kappa shape index (κ1) is 16.4. The van der Waals surface area contributed by atoms with Gasteiger partial charge >= 0.3 is 0 Å². The Balaban J connectivity index is 1.85. The summed E-state index contributed by atoms with van der Waals surface area (Å²) in [5.74, 6) is 0.0678. The first-order valence-corrected chi connectivity index (χ1v) is 9.27. The van der Waals surface area contributed by atoms with Gasteiger partial charge < -0.3 is 10.2 Å². The van der Waals surface area contributed by atoms with E-state index in [9.17, 15) is 4.79 Å². The van der Waals surface area contributed by atoms with Crippen LogP contribution in [0, 0.1) is 6.92 Å². The van der Waals surface area contributed by atoms with Crippen molar-refractivity contribution in [2.75, 3.05) is 11.4 Å². The van der Waals surface area contributed by atoms with Crippen LogP contribution in [0.2, 0.25) is 0 Å². The Hall–Kier alpha value is -2.07. The molecular weight excluding hydrogens is 376 g/mol. The molecule has 2 aromatic carbocycles. The lowest BCUT2D eigenvalue weighted by atomic mass is 9.75. The SMILES string of the molecule is Cc1ccc2c(c1)C(C)(C)[C@]1(/C=C/c3cccc(Br)c3)NC(=O)CN21. The average Bonchev–Trinajstić information content (AvgIpc) is 2.98. The highest BCUT2D eigenvalue weighted by atomic mass is 79.9. The number of fused-ring (bicyclic) bond motifs is 3. The van der Waals surface area contributed by atoms with Gasteiger partial charge in [0.1, 0.15) is 5.66 Å². The second kappa shape index (κ2) is 5.46. The third-order valence-corrected chi connectivity index (χ3v) is 5.99. The molecule has 0 bridgehead atoms. The quantitative estimate of drug-likeness (QED) is 0.815. The number of aryl methyl sites for hydroxylation is 1. The van der Waals surface area contributed by atoms with Gasteiger partial charge in [-0.1, -0.05) is 65.7 Å². The Kier molecular flexibility index (Phi) is 3.58. The number of hydrogen-bond donors (Lipinski definition) is 1. The highest BCUT2D eigenvalue weighted by molar-refractivity contribution is 9.10. The fourth-order valence-corrected chi connectivity index (χ4v) is 4.53. The average molecular weight is 397 g/mol. The molecule has 1 fully saturated rings. The molecule has 2 aromatic rings. The highest BCUT2D eigenvalue weighted by Gasteiger charge is 2.59. The summed E-state index contributed by atoms with van der Waals surface area (Å²) in [5, 5.41) is 3.26. The maximum Gasteiger partial charge on any atom is 0.241 e.